The summed E-state index contributed by atoms with van der Waals surface area (Å²) in [6, 6.07) is 6.78. The third-order valence-electron chi connectivity index (χ3n) is 3.08. The van der Waals surface area contributed by atoms with Crippen LogP contribution in [0.15, 0.2) is 24.3 Å². The minimum atomic E-state index is -1.18. The van der Waals surface area contributed by atoms with E-state index >= 15 is 0 Å². The molecule has 2 amide bonds. The highest BCUT2D eigenvalue weighted by Gasteiger charge is 2.29. The molecule has 0 saturated carbocycles. The standard InChI is InChI=1S/C14H19ClN2O4/c1-3-12(21-13(16)18)17(14(19)20)9(2)8-10-6-4-5-7-11(10)15/h4-7,9,12H,3,8H2,1-2H3,(H2,16,18)(H,19,20)/t9-,12-/m0/s1. The first-order chi connectivity index (χ1) is 9.86. The molecule has 0 saturated heterocycles. The Morgan fingerprint density at radius 3 is 2.52 bits per heavy atom. The van der Waals surface area contributed by atoms with Gasteiger partial charge in [-0.25, -0.2) is 9.59 Å². The third-order valence-corrected chi connectivity index (χ3v) is 3.45. The van der Waals surface area contributed by atoms with E-state index < -0.39 is 24.5 Å². The maximum atomic E-state index is 11.5. The second kappa shape index (κ2) is 7.73. The molecule has 1 aromatic rings. The van der Waals surface area contributed by atoms with Gasteiger partial charge >= 0.3 is 12.2 Å². The van der Waals surface area contributed by atoms with Gasteiger partial charge in [-0.1, -0.05) is 36.7 Å². The average molecular weight is 315 g/mol. The van der Waals surface area contributed by atoms with E-state index in [2.05, 4.69) is 0 Å². The van der Waals surface area contributed by atoms with Crippen LogP contribution in [0, 0.1) is 0 Å². The molecule has 2 atom stereocenters. The fourth-order valence-corrected chi connectivity index (χ4v) is 2.36. The monoisotopic (exact) mass is 314 g/mol. The van der Waals surface area contributed by atoms with Crippen LogP contribution >= 0.6 is 11.6 Å². The van der Waals surface area contributed by atoms with E-state index in [-0.39, 0.29) is 0 Å². The largest absolute Gasteiger partial charge is 0.465 e. The number of hydrogen-bond acceptors (Lipinski definition) is 3. The normalized spacial score (nSPS) is 13.3. The molecule has 0 fully saturated rings. The number of ether oxygens (including phenoxy) is 1. The summed E-state index contributed by atoms with van der Waals surface area (Å²) in [5, 5.41) is 9.93. The maximum absolute atomic E-state index is 11.5. The Kier molecular flexibility index (Phi) is 6.30. The number of carbonyl (C=O) groups is 2. The molecule has 0 bridgehead atoms. The van der Waals surface area contributed by atoms with E-state index in [4.69, 9.17) is 22.1 Å². The van der Waals surface area contributed by atoms with E-state index in [9.17, 15) is 14.7 Å². The molecule has 3 N–H and O–H groups in total. The van der Waals surface area contributed by atoms with Crippen molar-refractivity contribution >= 4 is 23.8 Å². The number of amides is 2. The summed E-state index contributed by atoms with van der Waals surface area (Å²) in [6.45, 7) is 3.44. The number of halogens is 1. The fourth-order valence-electron chi connectivity index (χ4n) is 2.15. The Bertz CT molecular complexity index is 510. The second-order valence-corrected chi connectivity index (χ2v) is 5.04. The van der Waals surface area contributed by atoms with Crippen molar-refractivity contribution in [2.75, 3.05) is 0 Å². The first-order valence-electron chi connectivity index (χ1n) is 6.57. The van der Waals surface area contributed by atoms with E-state index in [0.29, 0.717) is 17.9 Å². The van der Waals surface area contributed by atoms with Gasteiger partial charge in [0.05, 0.1) is 0 Å². The van der Waals surface area contributed by atoms with Crippen molar-refractivity contribution in [2.24, 2.45) is 5.73 Å². The van der Waals surface area contributed by atoms with Crippen LogP contribution in [0.3, 0.4) is 0 Å². The average Bonchev–Trinajstić information content (AvgIpc) is 2.39. The van der Waals surface area contributed by atoms with Gasteiger partial charge in [0.25, 0.3) is 0 Å². The van der Waals surface area contributed by atoms with E-state index in [1.807, 2.05) is 12.1 Å². The van der Waals surface area contributed by atoms with Crippen molar-refractivity contribution < 1.29 is 19.4 Å². The third kappa shape index (κ3) is 4.82. The summed E-state index contributed by atoms with van der Waals surface area (Å²) < 4.78 is 4.86. The molecule has 7 heteroatoms. The molecule has 1 aromatic carbocycles. The number of benzene rings is 1. The van der Waals surface area contributed by atoms with Crippen LogP contribution in [-0.4, -0.2) is 34.5 Å². The number of nitrogens with zero attached hydrogens (tertiary/aromatic N) is 1. The van der Waals surface area contributed by atoms with Gasteiger partial charge in [0, 0.05) is 17.5 Å². The van der Waals surface area contributed by atoms with Gasteiger partial charge < -0.3 is 15.6 Å². The molecular weight excluding hydrogens is 296 g/mol. The Balaban J connectivity index is 2.91. The minimum Gasteiger partial charge on any atom is -0.465 e. The van der Waals surface area contributed by atoms with Crippen molar-refractivity contribution in [3.63, 3.8) is 0 Å². The van der Waals surface area contributed by atoms with Gasteiger partial charge in [0.2, 0.25) is 0 Å². The summed E-state index contributed by atoms with van der Waals surface area (Å²) in [7, 11) is 0. The maximum Gasteiger partial charge on any atom is 0.410 e. The van der Waals surface area contributed by atoms with Gasteiger partial charge in [0.1, 0.15) is 0 Å². The van der Waals surface area contributed by atoms with Gasteiger partial charge in [0.15, 0.2) is 6.23 Å². The van der Waals surface area contributed by atoms with Crippen LogP contribution in [0.25, 0.3) is 0 Å². The van der Waals surface area contributed by atoms with E-state index in [1.54, 1.807) is 26.0 Å². The Labute approximate surface area is 128 Å². The number of nitrogens with two attached hydrogens (primary N) is 1. The lowest BCUT2D eigenvalue weighted by atomic mass is 10.1. The summed E-state index contributed by atoms with van der Waals surface area (Å²) >= 11 is 6.08. The van der Waals surface area contributed by atoms with Gasteiger partial charge in [-0.2, -0.15) is 0 Å². The smallest absolute Gasteiger partial charge is 0.410 e. The molecule has 1 rings (SSSR count). The number of carbonyl (C=O) groups excluding carboxylic acids is 1. The van der Waals surface area contributed by atoms with Crippen molar-refractivity contribution in [3.8, 4) is 0 Å². The minimum absolute atomic E-state index is 0.308. The van der Waals surface area contributed by atoms with Crippen molar-refractivity contribution in [1.29, 1.82) is 0 Å². The quantitative estimate of drug-likeness (QED) is 0.789. The van der Waals surface area contributed by atoms with Crippen LogP contribution in [0.5, 0.6) is 0 Å². The molecular formula is C14H19ClN2O4. The SMILES string of the molecule is CC[C@H](OC(N)=O)N(C(=O)O)[C@@H](C)Cc1ccccc1Cl. The summed E-state index contributed by atoms with van der Waals surface area (Å²) in [6.07, 6.45) is -2.38. The highest BCUT2D eigenvalue weighted by Crippen LogP contribution is 2.20. The molecule has 0 aromatic heterocycles. The zero-order chi connectivity index (χ0) is 16.0. The first-order valence-corrected chi connectivity index (χ1v) is 6.95. The van der Waals surface area contributed by atoms with Gasteiger partial charge in [-0.15, -0.1) is 0 Å². The highest BCUT2D eigenvalue weighted by molar-refractivity contribution is 6.31. The molecule has 0 aliphatic carbocycles. The predicted molar refractivity (Wildman–Crippen MR) is 79.2 cm³/mol. The summed E-state index contributed by atoms with van der Waals surface area (Å²) in [5.41, 5.74) is 5.81. The number of rotatable bonds is 6. The molecule has 21 heavy (non-hydrogen) atoms. The Hall–Kier alpha value is -1.95. The lowest BCUT2D eigenvalue weighted by Gasteiger charge is -2.32. The molecule has 0 unspecified atom stereocenters. The van der Waals surface area contributed by atoms with Crippen LogP contribution in [-0.2, 0) is 11.2 Å². The van der Waals surface area contributed by atoms with Crippen LogP contribution in [0.2, 0.25) is 5.02 Å². The molecule has 0 heterocycles. The molecule has 0 spiro atoms. The van der Waals surface area contributed by atoms with Gasteiger partial charge in [-0.3, -0.25) is 4.90 Å². The zero-order valence-electron chi connectivity index (χ0n) is 12.0. The van der Waals surface area contributed by atoms with Gasteiger partial charge in [-0.05, 0) is 25.0 Å². The fraction of sp³-hybridized carbons (Fsp3) is 0.429. The van der Waals surface area contributed by atoms with Crippen molar-refractivity contribution in [3.05, 3.63) is 34.9 Å². The molecule has 0 radical (unpaired) electrons. The Morgan fingerprint density at radius 1 is 1.43 bits per heavy atom. The van der Waals surface area contributed by atoms with Crippen molar-refractivity contribution in [2.45, 2.75) is 39.0 Å². The first kappa shape index (κ1) is 17.1. The van der Waals surface area contributed by atoms with E-state index in [1.165, 1.54) is 0 Å². The molecule has 6 nitrogen and oxygen atoms in total. The number of carboxylic acid groups (broad SMARTS) is 1. The zero-order valence-corrected chi connectivity index (χ0v) is 12.7. The lowest BCUT2D eigenvalue weighted by Crippen LogP contribution is -2.48. The molecule has 0 aliphatic rings. The Morgan fingerprint density at radius 2 is 2.05 bits per heavy atom. The number of primary amides is 1. The predicted octanol–water partition coefficient (Wildman–Crippen LogP) is 3.08. The highest BCUT2D eigenvalue weighted by atomic mass is 35.5. The van der Waals surface area contributed by atoms with Crippen LogP contribution in [0.1, 0.15) is 25.8 Å². The molecule has 116 valence electrons. The van der Waals surface area contributed by atoms with Crippen LogP contribution in [0.4, 0.5) is 9.59 Å². The van der Waals surface area contributed by atoms with Crippen LogP contribution < -0.4 is 5.73 Å². The summed E-state index contributed by atoms with van der Waals surface area (Å²) in [4.78, 5) is 23.4. The van der Waals surface area contributed by atoms with Crippen molar-refractivity contribution in [1.82, 2.24) is 4.90 Å². The topological polar surface area (TPSA) is 92.9 Å². The summed E-state index contributed by atoms with van der Waals surface area (Å²) in [5.74, 6) is 0. The lowest BCUT2D eigenvalue weighted by molar-refractivity contribution is -0.0196. The van der Waals surface area contributed by atoms with E-state index in [0.717, 1.165) is 10.5 Å². The molecule has 0 aliphatic heterocycles. The number of hydrogen-bond donors (Lipinski definition) is 2. The second-order valence-electron chi connectivity index (χ2n) is 4.63.